The van der Waals surface area contributed by atoms with E-state index in [-0.39, 0.29) is 23.7 Å². The number of benzene rings is 5. The largest absolute Gasteiger partial charge is 0.519 e. The van der Waals surface area contributed by atoms with Crippen LogP contribution in [0.1, 0.15) is 56.6 Å². The summed E-state index contributed by atoms with van der Waals surface area (Å²) >= 11 is 0. The SMILES string of the molecule is CCOc1nc2cccc(C(=O)OCc3oc(=O)oc3C)c2n1Cc1ccc(-n2cc(C)cc2-c2nnnn2C(c2ccccc2)(c2ccccc2)c2ccccc2)cc1. The van der Waals surface area contributed by atoms with Crippen LogP contribution in [0.2, 0.25) is 0 Å². The molecule has 0 radical (unpaired) electrons. The molecule has 0 aliphatic rings. The molecule has 0 bridgehead atoms. The lowest BCUT2D eigenvalue weighted by molar-refractivity contribution is 0.0444. The number of fused-ring (bicyclic) bond motifs is 1. The van der Waals surface area contributed by atoms with E-state index >= 15 is 0 Å². The number of hydrogen-bond acceptors (Lipinski definition) is 10. The third-order valence-electron chi connectivity index (χ3n) is 10.5. The van der Waals surface area contributed by atoms with Gasteiger partial charge in [0.1, 0.15) is 5.54 Å². The highest BCUT2D eigenvalue weighted by Gasteiger charge is 2.42. The van der Waals surface area contributed by atoms with Crippen molar-refractivity contribution in [3.8, 4) is 23.2 Å². The Bertz CT molecular complexity index is 2890. The zero-order valence-electron chi connectivity index (χ0n) is 33.1. The Kier molecular flexibility index (Phi) is 9.98. The lowest BCUT2D eigenvalue weighted by Crippen LogP contribution is -2.39. The molecule has 5 aromatic carbocycles. The van der Waals surface area contributed by atoms with Crippen molar-refractivity contribution >= 4 is 17.0 Å². The fourth-order valence-electron chi connectivity index (χ4n) is 7.83. The summed E-state index contributed by atoms with van der Waals surface area (Å²) in [7, 11) is 0. The summed E-state index contributed by atoms with van der Waals surface area (Å²) in [5, 5.41) is 13.8. The fraction of sp³-hybridized carbons (Fsp3) is 0.149. The van der Waals surface area contributed by atoms with Crippen molar-refractivity contribution < 1.29 is 23.1 Å². The second-order valence-electron chi connectivity index (χ2n) is 14.3. The molecule has 9 rings (SSSR count). The Morgan fingerprint density at radius 3 is 2.03 bits per heavy atom. The summed E-state index contributed by atoms with van der Waals surface area (Å²) in [4.78, 5) is 29.8. The van der Waals surface area contributed by atoms with Crippen LogP contribution < -0.4 is 10.6 Å². The van der Waals surface area contributed by atoms with Gasteiger partial charge in [0.15, 0.2) is 18.1 Å². The molecule has 60 heavy (non-hydrogen) atoms. The highest BCUT2D eigenvalue weighted by atomic mass is 16.6. The molecule has 0 atom stereocenters. The van der Waals surface area contributed by atoms with Crippen LogP contribution in [0.15, 0.2) is 159 Å². The monoisotopic (exact) mass is 797 g/mol. The molecule has 0 spiro atoms. The smallest absolute Gasteiger partial charge is 0.465 e. The predicted octanol–water partition coefficient (Wildman–Crippen LogP) is 8.29. The number of imidazole rings is 1. The van der Waals surface area contributed by atoms with Crippen molar-refractivity contribution in [3.05, 3.63) is 201 Å². The molecule has 13 heteroatoms. The van der Waals surface area contributed by atoms with Gasteiger partial charge in [0.05, 0.1) is 35.4 Å². The number of carbonyl (C=O) groups excluding carboxylic acids is 1. The summed E-state index contributed by atoms with van der Waals surface area (Å²) in [5.74, 6) is -0.495. The summed E-state index contributed by atoms with van der Waals surface area (Å²) < 4.78 is 27.4. The maximum Gasteiger partial charge on any atom is 0.519 e. The van der Waals surface area contributed by atoms with Gasteiger partial charge in [-0.05, 0) is 89.3 Å². The van der Waals surface area contributed by atoms with Gasteiger partial charge in [-0.3, -0.25) is 4.57 Å². The normalized spacial score (nSPS) is 11.6. The van der Waals surface area contributed by atoms with Gasteiger partial charge in [0.2, 0.25) is 5.82 Å². The second kappa shape index (κ2) is 15.9. The van der Waals surface area contributed by atoms with Crippen LogP contribution in [-0.2, 0) is 23.4 Å². The summed E-state index contributed by atoms with van der Waals surface area (Å²) in [6, 6.07) is 46.8. The molecule has 0 aliphatic heterocycles. The third kappa shape index (κ3) is 6.75. The van der Waals surface area contributed by atoms with Crippen molar-refractivity contribution in [3.63, 3.8) is 0 Å². The first-order valence-corrected chi connectivity index (χ1v) is 19.5. The number of tetrazole rings is 1. The Morgan fingerprint density at radius 2 is 1.43 bits per heavy atom. The molecule has 9 aromatic rings. The van der Waals surface area contributed by atoms with E-state index in [0.29, 0.717) is 36.0 Å². The Hall–Kier alpha value is -7.80. The van der Waals surface area contributed by atoms with E-state index in [4.69, 9.17) is 33.6 Å². The Balaban J connectivity index is 1.09. The third-order valence-corrected chi connectivity index (χ3v) is 10.5. The zero-order valence-corrected chi connectivity index (χ0v) is 33.1. The molecule has 0 aliphatic carbocycles. The molecule has 4 aromatic heterocycles. The fourth-order valence-corrected chi connectivity index (χ4v) is 7.83. The first-order chi connectivity index (χ1) is 29.3. The van der Waals surface area contributed by atoms with E-state index in [9.17, 15) is 9.59 Å². The van der Waals surface area contributed by atoms with E-state index in [0.717, 1.165) is 39.2 Å². The van der Waals surface area contributed by atoms with Gasteiger partial charge in [0.25, 0.3) is 6.01 Å². The van der Waals surface area contributed by atoms with Gasteiger partial charge in [0, 0.05) is 11.9 Å². The molecule has 0 saturated carbocycles. The van der Waals surface area contributed by atoms with Gasteiger partial charge in [-0.15, -0.1) is 5.10 Å². The molecule has 4 heterocycles. The van der Waals surface area contributed by atoms with Crippen molar-refractivity contribution in [2.24, 2.45) is 0 Å². The number of aryl methyl sites for hydroxylation is 2. The molecule has 0 N–H and O–H groups in total. The van der Waals surface area contributed by atoms with Crippen molar-refractivity contribution in [1.29, 1.82) is 0 Å². The van der Waals surface area contributed by atoms with Gasteiger partial charge in [-0.1, -0.05) is 109 Å². The van der Waals surface area contributed by atoms with E-state index in [2.05, 4.69) is 65.4 Å². The van der Waals surface area contributed by atoms with Gasteiger partial charge >= 0.3 is 11.8 Å². The van der Waals surface area contributed by atoms with E-state index in [1.165, 1.54) is 0 Å². The molecular weight excluding hydrogens is 759 g/mol. The number of para-hydroxylation sites is 1. The van der Waals surface area contributed by atoms with Crippen LogP contribution in [0.3, 0.4) is 0 Å². The number of esters is 1. The standard InChI is InChI=1S/C47H39N7O6/c1-4-57-45-48-39-22-14-21-38(44(55)58-30-41-32(3)59-46(56)60-41)42(39)53(45)29-33-23-25-37(26-24-33)52-28-31(2)27-40(52)43-49-50-51-54(43)47(34-15-8-5-9-16-34,35-17-10-6-11-18-35)36-19-12-7-13-20-36/h5-28H,4,29-30H2,1-3H3. The Labute approximate surface area is 344 Å². The Morgan fingerprint density at radius 1 is 0.783 bits per heavy atom. The number of rotatable bonds is 13. The summed E-state index contributed by atoms with van der Waals surface area (Å²) in [6.45, 7) is 5.95. The first-order valence-electron chi connectivity index (χ1n) is 19.5. The maximum absolute atomic E-state index is 13.5. The van der Waals surface area contributed by atoms with Gasteiger partial charge < -0.3 is 22.9 Å². The number of hydrogen-bond donors (Lipinski definition) is 0. The molecule has 298 valence electrons. The van der Waals surface area contributed by atoms with Crippen LogP contribution >= 0.6 is 0 Å². The van der Waals surface area contributed by atoms with Crippen LogP contribution in [0.5, 0.6) is 6.01 Å². The topological polar surface area (TPSA) is 145 Å². The zero-order chi connectivity index (χ0) is 41.2. The average Bonchev–Trinajstić information content (AvgIpc) is 4.07. The first kappa shape index (κ1) is 37.8. The van der Waals surface area contributed by atoms with E-state index in [1.54, 1.807) is 19.1 Å². The highest BCUT2D eigenvalue weighted by molar-refractivity contribution is 6.02. The highest BCUT2D eigenvalue weighted by Crippen LogP contribution is 2.42. The lowest BCUT2D eigenvalue weighted by atomic mass is 9.77. The van der Waals surface area contributed by atoms with Crippen molar-refractivity contribution in [2.45, 2.75) is 39.5 Å². The quantitative estimate of drug-likeness (QED) is 0.0825. The molecule has 0 saturated heterocycles. The predicted molar refractivity (Wildman–Crippen MR) is 223 cm³/mol. The molecular formula is C47H39N7O6. The molecule has 13 nitrogen and oxygen atoms in total. The number of aromatic nitrogens is 7. The van der Waals surface area contributed by atoms with Crippen molar-refractivity contribution in [2.75, 3.05) is 6.61 Å². The van der Waals surface area contributed by atoms with Gasteiger partial charge in [-0.25, -0.2) is 14.3 Å². The molecule has 0 fully saturated rings. The van der Waals surface area contributed by atoms with Crippen LogP contribution in [0.4, 0.5) is 0 Å². The summed E-state index contributed by atoms with van der Waals surface area (Å²) in [6.07, 6.45) is 2.07. The second-order valence-corrected chi connectivity index (χ2v) is 14.3. The number of carbonyl (C=O) groups is 1. The maximum atomic E-state index is 13.5. The minimum absolute atomic E-state index is 0.143. The van der Waals surface area contributed by atoms with Crippen LogP contribution in [-0.4, -0.2) is 46.9 Å². The van der Waals surface area contributed by atoms with Crippen LogP contribution in [0, 0.1) is 13.8 Å². The minimum Gasteiger partial charge on any atom is -0.465 e. The average molecular weight is 798 g/mol. The van der Waals surface area contributed by atoms with E-state index in [1.807, 2.05) is 101 Å². The lowest BCUT2D eigenvalue weighted by Gasteiger charge is -2.36. The minimum atomic E-state index is -0.916. The van der Waals surface area contributed by atoms with Crippen LogP contribution in [0.25, 0.3) is 28.2 Å². The number of ether oxygens (including phenoxy) is 2. The van der Waals surface area contributed by atoms with Gasteiger partial charge in [-0.2, -0.15) is 4.98 Å². The van der Waals surface area contributed by atoms with Crippen molar-refractivity contribution in [1.82, 2.24) is 34.3 Å². The van der Waals surface area contributed by atoms with E-state index < -0.39 is 17.3 Å². The number of nitrogens with zero attached hydrogens (tertiary/aromatic N) is 7. The summed E-state index contributed by atoms with van der Waals surface area (Å²) in [5.41, 5.74) is 7.18. The molecule has 0 unspecified atom stereocenters. The molecule has 0 amide bonds.